The summed E-state index contributed by atoms with van der Waals surface area (Å²) in [6.07, 6.45) is 1.17. The molecule has 0 aliphatic rings. The van der Waals surface area contributed by atoms with E-state index in [1.807, 2.05) is 0 Å². The Morgan fingerprint density at radius 1 is 1.71 bits per heavy atom. The number of allylic oxidation sites excluding steroid dienone is 1. The van der Waals surface area contributed by atoms with E-state index >= 15 is 0 Å². The van der Waals surface area contributed by atoms with Gasteiger partial charge in [-0.15, -0.1) is 0 Å². The number of hydrogen-bond donors (Lipinski definition) is 0. The Hall–Kier alpha value is 0.981. The van der Waals surface area contributed by atoms with E-state index in [-0.39, 0.29) is 39.1 Å². The summed E-state index contributed by atoms with van der Waals surface area (Å²) >= 11 is 3.00. The molecule has 3 radical (unpaired) electrons. The first kappa shape index (κ1) is 15.7. The van der Waals surface area contributed by atoms with Gasteiger partial charge in [0.25, 0.3) is 0 Å². The Morgan fingerprint density at radius 2 is 1.86 bits per heavy atom. The van der Waals surface area contributed by atoms with Crippen molar-refractivity contribution >= 4 is 22.0 Å². The number of rotatable bonds is 1. The summed E-state index contributed by atoms with van der Waals surface area (Å²) in [5.74, 6) is 0. The van der Waals surface area contributed by atoms with Crippen molar-refractivity contribution in [3.63, 3.8) is 0 Å². The molecule has 0 atom stereocenters. The molecule has 0 aliphatic carbocycles. The largest absolute Gasteiger partial charge is 0 e. The van der Waals surface area contributed by atoms with Crippen LogP contribution in [0.2, 0.25) is 0 Å². The Balaban J connectivity index is -0.0000000800. The van der Waals surface area contributed by atoms with Crippen LogP contribution in [0.15, 0.2) is 12.7 Å². The topological polar surface area (TPSA) is 17.1 Å². The van der Waals surface area contributed by atoms with E-state index < -0.39 is 0 Å². The third-order valence-corrected chi connectivity index (χ3v) is 0.381. The second-order valence-electron chi connectivity index (χ2n) is 0.496. The maximum Gasteiger partial charge on any atom is 0 e. The Morgan fingerprint density at radius 3 is 1.86 bits per heavy atom. The Kier molecular flexibility index (Phi) is 22.5. The first-order valence-corrected chi connectivity index (χ1v) is 1.63. The van der Waals surface area contributed by atoms with Gasteiger partial charge in [-0.25, -0.2) is 0 Å². The predicted molar refractivity (Wildman–Crippen MR) is 21.0 cm³/mol. The van der Waals surface area contributed by atoms with Crippen molar-refractivity contribution in [3.05, 3.63) is 12.7 Å². The fourth-order valence-electron chi connectivity index (χ4n) is 0. The molecule has 4 heteroatoms. The maximum atomic E-state index is 9.58. The third-order valence-electron chi connectivity index (χ3n) is 0.156. The van der Waals surface area contributed by atoms with Crippen LogP contribution in [0.1, 0.15) is 0 Å². The quantitative estimate of drug-likeness (QED) is 0.419. The predicted octanol–water partition coefficient (Wildman–Crippen LogP) is -0.137. The minimum absolute atomic E-state index is 0. The van der Waals surface area contributed by atoms with E-state index in [0.717, 1.165) is 0 Å². The van der Waals surface area contributed by atoms with Crippen molar-refractivity contribution in [3.8, 4) is 0 Å². The average molecular weight is 194 g/mol. The van der Waals surface area contributed by atoms with Crippen LogP contribution in [0.5, 0.6) is 0 Å². The van der Waals surface area contributed by atoms with Crippen LogP contribution in [-0.4, -0.2) is 22.0 Å². The minimum Gasteiger partial charge on any atom is 0 e. The van der Waals surface area contributed by atoms with Gasteiger partial charge >= 0.3 is 38.1 Å². The molecule has 0 saturated heterocycles. The molecule has 0 aromatic heterocycles. The van der Waals surface area contributed by atoms with Crippen LogP contribution in [0.25, 0.3) is 0 Å². The van der Waals surface area contributed by atoms with Crippen molar-refractivity contribution in [2.45, 2.75) is 0 Å². The van der Waals surface area contributed by atoms with Crippen LogP contribution in [-0.2, 0) is 37.9 Å². The SMILES string of the molecule is C=C[C](=O)[Fe].[Al].[Fe]. The zero-order chi connectivity index (χ0) is 4.28. The van der Waals surface area contributed by atoms with Gasteiger partial charge in [-0.3, -0.25) is 0 Å². The molecule has 0 aromatic rings. The van der Waals surface area contributed by atoms with Crippen molar-refractivity contribution in [1.29, 1.82) is 0 Å². The molecular formula is C3H3AlFe2O. The summed E-state index contributed by atoms with van der Waals surface area (Å²) in [5.41, 5.74) is 0. The molecule has 0 unspecified atom stereocenters. The van der Waals surface area contributed by atoms with E-state index in [1.54, 1.807) is 0 Å². The second kappa shape index (κ2) is 10.1. The van der Waals surface area contributed by atoms with E-state index in [1.165, 1.54) is 6.08 Å². The van der Waals surface area contributed by atoms with Gasteiger partial charge in [0.2, 0.25) is 0 Å². The molecular weight excluding hydrogens is 191 g/mol. The van der Waals surface area contributed by atoms with E-state index in [4.69, 9.17) is 0 Å². The van der Waals surface area contributed by atoms with Gasteiger partial charge in [0.05, 0.1) is 0 Å². The molecule has 0 amide bonds. The van der Waals surface area contributed by atoms with Gasteiger partial charge in [-0.1, -0.05) is 0 Å². The van der Waals surface area contributed by atoms with Gasteiger partial charge in [0, 0.05) is 34.4 Å². The van der Waals surface area contributed by atoms with E-state index in [2.05, 4.69) is 22.6 Å². The molecule has 0 aromatic carbocycles. The van der Waals surface area contributed by atoms with Crippen LogP contribution in [0.4, 0.5) is 0 Å². The molecule has 0 heterocycles. The summed E-state index contributed by atoms with van der Waals surface area (Å²) < 4.78 is -0.231. The van der Waals surface area contributed by atoms with Gasteiger partial charge in [-0.05, 0) is 0 Å². The summed E-state index contributed by atoms with van der Waals surface area (Å²) in [7, 11) is 0. The molecule has 40 valence electrons. The second-order valence-corrected chi connectivity index (χ2v) is 1.04. The van der Waals surface area contributed by atoms with E-state index in [9.17, 15) is 4.79 Å². The molecule has 0 aliphatic heterocycles. The maximum absolute atomic E-state index is 9.58. The van der Waals surface area contributed by atoms with Gasteiger partial charge in [0.1, 0.15) is 0 Å². The van der Waals surface area contributed by atoms with Gasteiger partial charge in [-0.2, -0.15) is 0 Å². The Labute approximate surface area is 72.3 Å². The van der Waals surface area contributed by atoms with Gasteiger partial charge in [0.15, 0.2) is 0 Å². The molecule has 0 rings (SSSR count). The summed E-state index contributed by atoms with van der Waals surface area (Å²) in [6.45, 7) is 3.15. The number of hydrogen-bond acceptors (Lipinski definition) is 1. The van der Waals surface area contributed by atoms with Crippen LogP contribution in [0.3, 0.4) is 0 Å². The molecule has 0 N–H and O–H groups in total. The third kappa shape index (κ3) is 19.5. The van der Waals surface area contributed by atoms with Crippen LogP contribution in [0, 0.1) is 0 Å². The van der Waals surface area contributed by atoms with Crippen molar-refractivity contribution < 1.29 is 37.9 Å². The summed E-state index contributed by atoms with van der Waals surface area (Å²) in [6, 6.07) is 0. The average Bonchev–Trinajstić information content (AvgIpc) is 1.38. The fourth-order valence-corrected chi connectivity index (χ4v) is 0. The van der Waals surface area contributed by atoms with Crippen molar-refractivity contribution in [1.82, 2.24) is 0 Å². The fraction of sp³-hybridized carbons (Fsp3) is 0. The zero-order valence-electron chi connectivity index (χ0n) is 3.48. The Bertz CT molecular complexity index is 64.0. The van der Waals surface area contributed by atoms with Crippen molar-refractivity contribution in [2.24, 2.45) is 0 Å². The molecule has 1 nitrogen and oxygen atoms in total. The number of carbonyl (C=O) groups is 1. The molecule has 0 bridgehead atoms. The smallest absolute Gasteiger partial charge is 0 e. The molecule has 0 saturated carbocycles. The normalized spacial score (nSPS) is 4.71. The molecule has 0 fully saturated rings. The number of carbonyl (C=O) groups excluding carboxylic acids is 1. The minimum atomic E-state index is -0.231. The molecule has 0 spiro atoms. The van der Waals surface area contributed by atoms with Crippen LogP contribution >= 0.6 is 0 Å². The molecule has 7 heavy (non-hydrogen) atoms. The monoisotopic (exact) mass is 194 g/mol. The summed E-state index contributed by atoms with van der Waals surface area (Å²) in [5, 5.41) is 0. The standard InChI is InChI=1S/C3H3O.Al.2Fe/c1-2-3-4;;;/h2H,1H2;;;. The van der Waals surface area contributed by atoms with Crippen LogP contribution < -0.4 is 0 Å². The van der Waals surface area contributed by atoms with Gasteiger partial charge < -0.3 is 0 Å². The first-order valence-electron chi connectivity index (χ1n) is 1.08. The van der Waals surface area contributed by atoms with Crippen molar-refractivity contribution in [2.75, 3.05) is 0 Å². The summed E-state index contributed by atoms with van der Waals surface area (Å²) in [4.78, 5) is 9.58. The van der Waals surface area contributed by atoms with E-state index in [0.29, 0.717) is 0 Å². The zero-order valence-corrected chi connectivity index (χ0v) is 6.84. The first-order chi connectivity index (χ1) is 2.27.